The Morgan fingerprint density at radius 1 is 0.818 bits per heavy atom. The van der Waals surface area contributed by atoms with E-state index in [9.17, 15) is 19.4 Å². The van der Waals surface area contributed by atoms with Gasteiger partial charge in [0.15, 0.2) is 0 Å². The molecule has 1 aromatic carbocycles. The zero-order valence-corrected chi connectivity index (χ0v) is 16.0. The Balaban J connectivity index is 0. The zero-order valence-electron chi connectivity index (χ0n) is 12.0. The number of nitrogens with zero attached hydrogens (tertiary/aromatic N) is 4. The summed E-state index contributed by atoms with van der Waals surface area (Å²) in [5.41, 5.74) is 0.375. The van der Waals surface area contributed by atoms with E-state index in [2.05, 4.69) is 10.6 Å². The summed E-state index contributed by atoms with van der Waals surface area (Å²) < 4.78 is 0. The molecule has 0 aliphatic carbocycles. The number of hydrogen-bond donors (Lipinski definition) is 2. The van der Waals surface area contributed by atoms with Gasteiger partial charge in [-0.15, -0.1) is 9.81 Å². The smallest absolute Gasteiger partial charge is 0.325 e. The second-order valence-corrected chi connectivity index (χ2v) is 3.58. The largest absolute Gasteiger partial charge is 0.480 e. The zero-order chi connectivity index (χ0) is 15.1. The normalized spacial score (nSPS) is 8.73. The molecule has 0 heterocycles. The van der Waals surface area contributed by atoms with Gasteiger partial charge in [0.05, 0.1) is 21.9 Å². The van der Waals surface area contributed by atoms with Gasteiger partial charge >= 0.3 is 11.9 Å². The Hall–Kier alpha value is -1.04. The van der Waals surface area contributed by atoms with Crippen molar-refractivity contribution < 1.29 is 19.8 Å². The van der Waals surface area contributed by atoms with Crippen LogP contribution in [-0.4, -0.2) is 94.4 Å². The van der Waals surface area contributed by atoms with E-state index in [-0.39, 0.29) is 70.5 Å². The molecule has 2 radical (unpaired) electrons. The van der Waals surface area contributed by atoms with E-state index in [0.717, 1.165) is 0 Å². The second kappa shape index (κ2) is 11.5. The molecule has 0 aromatic heterocycles. The average molecular weight is 328 g/mol. The van der Waals surface area contributed by atoms with Gasteiger partial charge in [0.2, 0.25) is 0 Å². The minimum absolute atomic E-state index is 0. The summed E-state index contributed by atoms with van der Waals surface area (Å²) in [5.74, 6) is -2.48. The number of anilines is 2. The van der Waals surface area contributed by atoms with Crippen LogP contribution in [0.25, 0.3) is 0 Å². The van der Waals surface area contributed by atoms with Crippen LogP contribution in [0.1, 0.15) is 0 Å². The summed E-state index contributed by atoms with van der Waals surface area (Å²) in [4.78, 5) is 42.1. The summed E-state index contributed by atoms with van der Waals surface area (Å²) in [6.07, 6.45) is 0. The van der Waals surface area contributed by atoms with E-state index in [0.29, 0.717) is 10.0 Å². The number of aliphatic carboxylic acids is 2. The topological polar surface area (TPSA) is 140 Å². The number of carboxylic acids is 2. The Morgan fingerprint density at radius 3 is 1.27 bits per heavy atom. The minimum Gasteiger partial charge on any atom is -0.480 e. The number of nitroso groups, excluding NO2 is 2. The van der Waals surface area contributed by atoms with Gasteiger partial charge in [0.25, 0.3) is 0 Å². The molecule has 0 aliphatic heterocycles. The van der Waals surface area contributed by atoms with E-state index in [1.54, 1.807) is 0 Å². The molecule has 0 saturated heterocycles. The molecule has 0 atom stereocenters. The van der Waals surface area contributed by atoms with Gasteiger partial charge in [-0.05, 0) is 24.3 Å². The summed E-state index contributed by atoms with van der Waals surface area (Å²) in [6, 6.07) is 5.28. The van der Waals surface area contributed by atoms with Gasteiger partial charge in [-0.1, -0.05) is 0 Å². The molecule has 0 bridgehead atoms. The van der Waals surface area contributed by atoms with E-state index >= 15 is 0 Å². The standard InChI is InChI=1S/C10H10N4O6.2Na/c15-9(16)5-13(11-19)7-1-2-8(4-3-7)14(12-20)6-10(17)18;;/h1-4H,5-6H2,(H,15,16)(H,17,18);;. The molecule has 1 aromatic rings. The van der Waals surface area contributed by atoms with Gasteiger partial charge in [0.1, 0.15) is 13.1 Å². The first-order valence-electron chi connectivity index (χ1n) is 5.23. The molecule has 0 fully saturated rings. The molecule has 0 aliphatic rings. The Bertz CT molecular complexity index is 480. The van der Waals surface area contributed by atoms with Gasteiger partial charge in [-0.25, -0.2) is 10.0 Å². The van der Waals surface area contributed by atoms with Gasteiger partial charge in [-0.3, -0.25) is 9.59 Å². The van der Waals surface area contributed by atoms with Crippen LogP contribution in [0, 0.1) is 9.81 Å². The van der Waals surface area contributed by atoms with Crippen LogP contribution in [0.5, 0.6) is 0 Å². The van der Waals surface area contributed by atoms with Crippen molar-refractivity contribution in [3.8, 4) is 0 Å². The monoisotopic (exact) mass is 328 g/mol. The first-order chi connectivity index (χ1) is 9.47. The summed E-state index contributed by atoms with van der Waals surface area (Å²) >= 11 is 0. The van der Waals surface area contributed by atoms with Crippen molar-refractivity contribution in [1.82, 2.24) is 0 Å². The van der Waals surface area contributed by atoms with Crippen molar-refractivity contribution in [2.75, 3.05) is 23.1 Å². The van der Waals surface area contributed by atoms with E-state index in [1.165, 1.54) is 24.3 Å². The SMILES string of the molecule is O=NN(CC(=O)O)c1ccc(N(CC(=O)O)N=O)cc1.[Na].[Na]. The maximum atomic E-state index is 10.5. The van der Waals surface area contributed by atoms with Crippen molar-refractivity contribution in [1.29, 1.82) is 0 Å². The van der Waals surface area contributed by atoms with Crippen molar-refractivity contribution in [3.63, 3.8) is 0 Å². The number of hydrogen-bond acceptors (Lipinski definition) is 6. The fraction of sp³-hybridized carbons (Fsp3) is 0.200. The summed E-state index contributed by atoms with van der Waals surface area (Å²) in [5, 5.41) is 23.7. The predicted octanol–water partition coefficient (Wildman–Crippen LogP) is 0.0698. The van der Waals surface area contributed by atoms with Crippen LogP contribution in [0.3, 0.4) is 0 Å². The number of carbonyl (C=O) groups is 2. The second-order valence-electron chi connectivity index (χ2n) is 3.58. The third kappa shape index (κ3) is 7.29. The third-order valence-electron chi connectivity index (χ3n) is 2.21. The molecular weight excluding hydrogens is 318 g/mol. The molecule has 12 heteroatoms. The maximum absolute atomic E-state index is 10.5. The molecule has 108 valence electrons. The first-order valence-corrected chi connectivity index (χ1v) is 5.23. The fourth-order valence-electron chi connectivity index (χ4n) is 1.39. The minimum atomic E-state index is -1.24. The van der Waals surface area contributed by atoms with Crippen LogP contribution in [0.15, 0.2) is 34.8 Å². The Labute approximate surface area is 168 Å². The summed E-state index contributed by atoms with van der Waals surface area (Å²) in [7, 11) is 0. The molecule has 0 saturated carbocycles. The molecule has 0 spiro atoms. The molecular formula is C10H10N4Na2O6. The predicted molar refractivity (Wildman–Crippen MR) is 79.5 cm³/mol. The molecule has 0 unspecified atom stereocenters. The molecule has 2 N–H and O–H groups in total. The first kappa shape index (κ1) is 23.2. The van der Waals surface area contributed by atoms with E-state index in [1.807, 2.05) is 0 Å². The van der Waals surface area contributed by atoms with Crippen LogP contribution >= 0.6 is 0 Å². The van der Waals surface area contributed by atoms with Crippen LogP contribution < -0.4 is 10.0 Å². The van der Waals surface area contributed by atoms with Gasteiger partial charge < -0.3 is 10.2 Å². The average Bonchev–Trinajstić information content (AvgIpc) is 2.42. The van der Waals surface area contributed by atoms with E-state index in [4.69, 9.17) is 10.2 Å². The van der Waals surface area contributed by atoms with Crippen molar-refractivity contribution >= 4 is 82.4 Å². The summed E-state index contributed by atoms with van der Waals surface area (Å²) in [6.45, 7) is -1.23. The molecule has 1 rings (SSSR count). The fourth-order valence-corrected chi connectivity index (χ4v) is 1.39. The van der Waals surface area contributed by atoms with Crippen LogP contribution in [-0.2, 0) is 9.59 Å². The maximum Gasteiger partial charge on any atom is 0.325 e. The van der Waals surface area contributed by atoms with Crippen molar-refractivity contribution in [2.45, 2.75) is 0 Å². The molecule has 10 nitrogen and oxygen atoms in total. The Kier molecular flexibility index (Phi) is 12.2. The number of benzene rings is 1. The Morgan fingerprint density at radius 2 is 1.09 bits per heavy atom. The van der Waals surface area contributed by atoms with E-state index < -0.39 is 25.0 Å². The van der Waals surface area contributed by atoms with Gasteiger partial charge in [0, 0.05) is 59.1 Å². The van der Waals surface area contributed by atoms with Gasteiger partial charge in [-0.2, -0.15) is 0 Å². The number of rotatable bonds is 8. The quantitative estimate of drug-likeness (QED) is 0.388. The van der Waals surface area contributed by atoms with Crippen LogP contribution in [0.2, 0.25) is 0 Å². The molecule has 22 heavy (non-hydrogen) atoms. The number of carboxylic acid groups (broad SMARTS) is 2. The van der Waals surface area contributed by atoms with Crippen molar-refractivity contribution in [2.24, 2.45) is 10.6 Å². The third-order valence-corrected chi connectivity index (χ3v) is 2.21. The molecule has 0 amide bonds. The van der Waals surface area contributed by atoms with Crippen molar-refractivity contribution in [3.05, 3.63) is 34.1 Å². The van der Waals surface area contributed by atoms with Crippen LogP contribution in [0.4, 0.5) is 11.4 Å².